The minimum Gasteiger partial charge on any atom is -0.336 e. The Morgan fingerprint density at radius 3 is 2.32 bits per heavy atom. The van der Waals surface area contributed by atoms with E-state index in [2.05, 4.69) is 10.3 Å². The lowest BCUT2D eigenvalue weighted by Gasteiger charge is -2.36. The van der Waals surface area contributed by atoms with E-state index in [-0.39, 0.29) is 22.9 Å². The molecule has 3 unspecified atom stereocenters. The van der Waals surface area contributed by atoms with Gasteiger partial charge in [-0.2, -0.15) is 18.4 Å². The second-order valence-corrected chi connectivity index (χ2v) is 10.3. The van der Waals surface area contributed by atoms with Gasteiger partial charge in [-0.1, -0.05) is 27.7 Å². The van der Waals surface area contributed by atoms with Crippen LogP contribution in [0.3, 0.4) is 0 Å². The number of fused-ring (bicyclic) bond motifs is 1. The number of amides is 3. The second-order valence-electron chi connectivity index (χ2n) is 10.3. The molecule has 1 aliphatic rings. The molecule has 3 rings (SSSR count). The van der Waals surface area contributed by atoms with Gasteiger partial charge < -0.3 is 15.5 Å². The fraction of sp³-hybridized carbons (Fsp3) is 0.480. The summed E-state index contributed by atoms with van der Waals surface area (Å²) in [5.41, 5.74) is -1.04. The van der Waals surface area contributed by atoms with Gasteiger partial charge in [0.15, 0.2) is 11.6 Å². The zero-order valence-electron chi connectivity index (χ0n) is 21.0. The summed E-state index contributed by atoms with van der Waals surface area (Å²) < 4.78 is 66.4. The lowest BCUT2D eigenvalue weighted by Crippen LogP contribution is -2.60. The monoisotopic (exact) mass is 539 g/mol. The third-order valence-electron chi connectivity index (χ3n) is 6.46. The minimum absolute atomic E-state index is 0.0318. The summed E-state index contributed by atoms with van der Waals surface area (Å²) in [6, 6.07) is -0.467. The van der Waals surface area contributed by atoms with Crippen LogP contribution in [0.15, 0.2) is 24.5 Å². The van der Waals surface area contributed by atoms with Gasteiger partial charge in [0, 0.05) is 29.9 Å². The Kier molecular flexibility index (Phi) is 7.95. The summed E-state index contributed by atoms with van der Waals surface area (Å²) >= 11 is 0. The van der Waals surface area contributed by atoms with Crippen molar-refractivity contribution in [3.8, 4) is 6.07 Å². The molecule has 1 fully saturated rings. The van der Waals surface area contributed by atoms with Crippen molar-refractivity contribution >= 4 is 28.5 Å². The van der Waals surface area contributed by atoms with Crippen LogP contribution in [0.2, 0.25) is 0 Å². The van der Waals surface area contributed by atoms with Crippen LogP contribution in [0.5, 0.6) is 0 Å². The highest BCUT2D eigenvalue weighted by molar-refractivity contribution is 5.94. The highest BCUT2D eigenvalue weighted by atomic mass is 19.4. The Labute approximate surface area is 215 Å². The van der Waals surface area contributed by atoms with Gasteiger partial charge in [-0.15, -0.1) is 0 Å². The summed E-state index contributed by atoms with van der Waals surface area (Å²) in [5.74, 6) is -6.65. The maximum absolute atomic E-state index is 13.9. The van der Waals surface area contributed by atoms with E-state index in [0.717, 1.165) is 17.0 Å². The van der Waals surface area contributed by atoms with E-state index in [4.69, 9.17) is 0 Å². The first-order valence-corrected chi connectivity index (χ1v) is 11.7. The molecule has 2 heterocycles. The van der Waals surface area contributed by atoms with Crippen LogP contribution in [0.25, 0.3) is 10.8 Å². The summed E-state index contributed by atoms with van der Waals surface area (Å²) in [4.78, 5) is 43.4. The third-order valence-corrected chi connectivity index (χ3v) is 6.46. The summed E-state index contributed by atoms with van der Waals surface area (Å²) in [6.07, 6.45) is -2.39. The molecule has 1 aromatic heterocycles. The van der Waals surface area contributed by atoms with E-state index in [0.29, 0.717) is 6.42 Å². The molecule has 1 aromatic carbocycles. The van der Waals surface area contributed by atoms with Crippen molar-refractivity contribution in [2.45, 2.75) is 58.4 Å². The molecule has 0 aliphatic carbocycles. The van der Waals surface area contributed by atoms with Crippen molar-refractivity contribution in [1.29, 1.82) is 5.26 Å². The van der Waals surface area contributed by atoms with Gasteiger partial charge in [0.25, 0.3) is 0 Å². The molecule has 4 atom stereocenters. The Morgan fingerprint density at radius 1 is 1.11 bits per heavy atom. The number of pyridine rings is 1. The van der Waals surface area contributed by atoms with Crippen LogP contribution < -0.4 is 10.6 Å². The number of nitrogens with one attached hydrogen (secondary N) is 2. The SMILES string of the molecule is CC1CCN(C(=O)[C@@H](NC(=O)C(F)(F)F)C(C)(C)C)C1C(=O)NC(C#N)c1cncc2cc(F)c(F)cc12. The van der Waals surface area contributed by atoms with E-state index in [9.17, 15) is 41.6 Å². The molecule has 0 spiro atoms. The molecular formula is C25H26F5N5O3. The van der Waals surface area contributed by atoms with Crippen LogP contribution in [0.1, 0.15) is 45.7 Å². The van der Waals surface area contributed by atoms with Crippen molar-refractivity contribution in [2.24, 2.45) is 11.3 Å². The van der Waals surface area contributed by atoms with Gasteiger partial charge in [-0.05, 0) is 35.3 Å². The van der Waals surface area contributed by atoms with Crippen molar-refractivity contribution in [3.05, 3.63) is 41.7 Å². The molecule has 0 bridgehead atoms. The number of carbonyl (C=O) groups excluding carboxylic acids is 3. The van der Waals surface area contributed by atoms with Gasteiger partial charge in [0.2, 0.25) is 11.8 Å². The normalized spacial score (nSPS) is 19.5. The number of nitriles is 1. The van der Waals surface area contributed by atoms with Crippen molar-refractivity contribution in [3.63, 3.8) is 0 Å². The number of hydrogen-bond donors (Lipinski definition) is 2. The van der Waals surface area contributed by atoms with Crippen LogP contribution in [0, 0.1) is 34.3 Å². The molecule has 3 amide bonds. The lowest BCUT2D eigenvalue weighted by molar-refractivity contribution is -0.176. The molecule has 8 nitrogen and oxygen atoms in total. The molecule has 1 saturated heterocycles. The fourth-order valence-corrected chi connectivity index (χ4v) is 4.45. The standard InChI is InChI=1S/C25H26F5N5O3/c1-12-5-6-35(22(37)20(24(2,3)4)34-23(38)25(28,29)30)19(12)21(36)33-18(9-31)15-11-32-10-13-7-16(26)17(27)8-14(13)15/h7-8,10-12,18-20H,5-6H2,1-4H3,(H,33,36)(H,34,38)/t12?,18?,19?,20-/m1/s1. The summed E-state index contributed by atoms with van der Waals surface area (Å²) in [6.45, 7) is 6.12. The van der Waals surface area contributed by atoms with E-state index < -0.39 is 65.0 Å². The topological polar surface area (TPSA) is 115 Å². The molecule has 13 heteroatoms. The van der Waals surface area contributed by atoms with Crippen LogP contribution in [-0.2, 0) is 14.4 Å². The van der Waals surface area contributed by atoms with Gasteiger partial charge in [0.1, 0.15) is 18.1 Å². The molecule has 0 radical (unpaired) electrons. The quantitative estimate of drug-likeness (QED) is 0.565. The van der Waals surface area contributed by atoms with Crippen molar-refractivity contribution < 1.29 is 36.3 Å². The maximum Gasteiger partial charge on any atom is 0.471 e. The van der Waals surface area contributed by atoms with Crippen molar-refractivity contribution in [2.75, 3.05) is 6.54 Å². The van der Waals surface area contributed by atoms with Gasteiger partial charge in [-0.3, -0.25) is 19.4 Å². The van der Waals surface area contributed by atoms with Gasteiger partial charge >= 0.3 is 12.1 Å². The number of rotatable bonds is 5. The predicted octanol–water partition coefficient (Wildman–Crippen LogP) is 3.52. The number of nitrogens with zero attached hydrogens (tertiary/aromatic N) is 3. The number of benzene rings is 1. The van der Waals surface area contributed by atoms with Crippen LogP contribution >= 0.6 is 0 Å². The van der Waals surface area contributed by atoms with Crippen molar-refractivity contribution in [1.82, 2.24) is 20.5 Å². The first kappa shape index (κ1) is 28.7. The highest BCUT2D eigenvalue weighted by Crippen LogP contribution is 2.31. The summed E-state index contributed by atoms with van der Waals surface area (Å²) in [7, 11) is 0. The Morgan fingerprint density at radius 2 is 1.74 bits per heavy atom. The van der Waals surface area contributed by atoms with Gasteiger partial charge in [-0.25, -0.2) is 8.78 Å². The average molecular weight is 540 g/mol. The third kappa shape index (κ3) is 5.84. The Bertz CT molecular complexity index is 1300. The number of alkyl halides is 3. The van der Waals surface area contributed by atoms with Crippen LogP contribution in [0.4, 0.5) is 22.0 Å². The molecular weight excluding hydrogens is 513 g/mol. The zero-order valence-corrected chi connectivity index (χ0v) is 21.0. The van der Waals surface area contributed by atoms with Gasteiger partial charge in [0.05, 0.1) is 6.07 Å². The number of carbonyl (C=O) groups is 3. The summed E-state index contributed by atoms with van der Waals surface area (Å²) in [5, 5.41) is 14.3. The highest BCUT2D eigenvalue weighted by Gasteiger charge is 2.48. The largest absolute Gasteiger partial charge is 0.471 e. The van der Waals surface area contributed by atoms with E-state index >= 15 is 0 Å². The zero-order chi connectivity index (χ0) is 28.6. The smallest absolute Gasteiger partial charge is 0.336 e. The maximum atomic E-state index is 13.9. The number of halogens is 5. The first-order valence-electron chi connectivity index (χ1n) is 11.7. The average Bonchev–Trinajstić information content (AvgIpc) is 3.21. The number of aromatic nitrogens is 1. The van der Waals surface area contributed by atoms with E-state index in [1.807, 2.05) is 6.07 Å². The first-order chi connectivity index (χ1) is 17.6. The predicted molar refractivity (Wildman–Crippen MR) is 125 cm³/mol. The molecule has 2 aromatic rings. The molecule has 204 valence electrons. The lowest BCUT2D eigenvalue weighted by atomic mass is 9.85. The molecule has 1 aliphatic heterocycles. The van der Waals surface area contributed by atoms with Crippen LogP contribution in [-0.4, -0.2) is 52.4 Å². The molecule has 38 heavy (non-hydrogen) atoms. The fourth-order valence-electron chi connectivity index (χ4n) is 4.45. The molecule has 2 N–H and O–H groups in total. The number of hydrogen-bond acceptors (Lipinski definition) is 5. The second kappa shape index (κ2) is 10.5. The van der Waals surface area contributed by atoms with E-state index in [1.54, 1.807) is 12.2 Å². The van der Waals surface area contributed by atoms with E-state index in [1.165, 1.54) is 33.2 Å². The minimum atomic E-state index is -5.21. The Hall–Kier alpha value is -3.82. The number of likely N-dealkylation sites (tertiary alicyclic amines) is 1. The Balaban J connectivity index is 1.90. The molecule has 0 saturated carbocycles.